The van der Waals surface area contributed by atoms with Gasteiger partial charge in [0, 0.05) is 67.9 Å². The zero-order chi connectivity index (χ0) is 27.2. The maximum atomic E-state index is 9.17. The third-order valence-electron chi connectivity index (χ3n) is 8.03. The number of piperidine rings is 1. The molecule has 1 aromatic carbocycles. The van der Waals surface area contributed by atoms with E-state index >= 15 is 0 Å². The Morgan fingerprint density at radius 2 is 1.87 bits per heavy atom. The van der Waals surface area contributed by atoms with Crippen molar-refractivity contribution in [3.8, 4) is 6.07 Å². The lowest BCUT2D eigenvalue weighted by Crippen LogP contribution is -2.52. The predicted octanol–water partition coefficient (Wildman–Crippen LogP) is 4.58. The molecule has 10 nitrogen and oxygen atoms in total. The highest BCUT2D eigenvalue weighted by molar-refractivity contribution is 5.92. The summed E-state index contributed by atoms with van der Waals surface area (Å²) in [7, 11) is 0. The van der Waals surface area contributed by atoms with E-state index in [0.717, 1.165) is 93.3 Å². The van der Waals surface area contributed by atoms with E-state index in [-0.39, 0.29) is 6.04 Å². The molecule has 39 heavy (non-hydrogen) atoms. The molecule has 0 saturated carbocycles. The monoisotopic (exact) mass is 531 g/mol. The second kappa shape index (κ2) is 12.7. The van der Waals surface area contributed by atoms with Gasteiger partial charge in [0.1, 0.15) is 5.82 Å². The van der Waals surface area contributed by atoms with Gasteiger partial charge in [0.25, 0.3) is 0 Å². The maximum Gasteiger partial charge on any atom is 0.225 e. The molecule has 2 saturated heterocycles. The van der Waals surface area contributed by atoms with Gasteiger partial charge in [-0.15, -0.1) is 0 Å². The minimum Gasteiger partial charge on any atom is -0.379 e. The summed E-state index contributed by atoms with van der Waals surface area (Å²) in [5.74, 6) is 2.12. The van der Waals surface area contributed by atoms with Crippen LogP contribution < -0.4 is 10.6 Å². The van der Waals surface area contributed by atoms with Crippen LogP contribution in [-0.2, 0) is 11.3 Å². The summed E-state index contributed by atoms with van der Waals surface area (Å²) in [6.45, 7) is 11.7. The number of likely N-dealkylation sites (tertiary alicyclic amines) is 1. The lowest BCUT2D eigenvalue weighted by Gasteiger charge is -2.45. The van der Waals surface area contributed by atoms with Crippen molar-refractivity contribution in [3.63, 3.8) is 0 Å². The van der Waals surface area contributed by atoms with Crippen molar-refractivity contribution in [1.82, 2.24) is 30.0 Å². The first kappa shape index (κ1) is 27.3. The molecule has 0 amide bonds. The van der Waals surface area contributed by atoms with Crippen LogP contribution in [0.2, 0.25) is 0 Å². The predicted molar refractivity (Wildman–Crippen MR) is 154 cm³/mol. The van der Waals surface area contributed by atoms with Crippen LogP contribution in [0.3, 0.4) is 0 Å². The number of anilines is 3. The Labute approximate surface area is 231 Å². The first-order valence-corrected chi connectivity index (χ1v) is 14.3. The molecule has 2 unspecified atom stereocenters. The summed E-state index contributed by atoms with van der Waals surface area (Å²) < 4.78 is 5.52. The first-order chi connectivity index (χ1) is 19.1. The quantitative estimate of drug-likeness (QED) is 0.345. The van der Waals surface area contributed by atoms with Crippen LogP contribution in [-0.4, -0.2) is 80.9 Å². The summed E-state index contributed by atoms with van der Waals surface area (Å²) in [5.41, 5.74) is 3.14. The molecule has 4 heterocycles. The fraction of sp³-hybridized carbons (Fsp3) is 0.586. The third kappa shape index (κ3) is 6.67. The Hall–Kier alpha value is -3.26. The summed E-state index contributed by atoms with van der Waals surface area (Å²) >= 11 is 0. The van der Waals surface area contributed by atoms with E-state index in [4.69, 9.17) is 20.0 Å². The standard InChI is InChI=1S/C29H41N9O/c1-4-23-17-22(18-24(5-2)38(23)10-6-9-30)31-29-32-26-16-21(19-37-11-13-39-14-12-37)7-8-25(26)28(34-29)33-27-15-20(3)35-36-27/h7-8,15-16,22-24H,4-6,10-14,17-19H2,1-3H3,(H3,31,32,33,34,35,36). The highest BCUT2D eigenvalue weighted by Crippen LogP contribution is 2.31. The highest BCUT2D eigenvalue weighted by atomic mass is 16.5. The number of nitrogens with zero attached hydrogens (tertiary/aromatic N) is 6. The number of nitriles is 1. The number of H-pyrrole nitrogens is 1. The van der Waals surface area contributed by atoms with Gasteiger partial charge in [0.2, 0.25) is 5.95 Å². The number of nitrogens with one attached hydrogen (secondary N) is 3. The number of hydrogen-bond acceptors (Lipinski definition) is 9. The van der Waals surface area contributed by atoms with Gasteiger partial charge in [0.15, 0.2) is 5.82 Å². The van der Waals surface area contributed by atoms with Crippen molar-refractivity contribution >= 4 is 28.5 Å². The second-order valence-corrected chi connectivity index (χ2v) is 10.8. The molecular weight excluding hydrogens is 490 g/mol. The molecule has 2 aliphatic rings. The Balaban J connectivity index is 1.42. The van der Waals surface area contributed by atoms with Gasteiger partial charge in [-0.3, -0.25) is 14.9 Å². The number of aryl methyl sites for hydroxylation is 1. The lowest BCUT2D eigenvalue weighted by molar-refractivity contribution is 0.0342. The van der Waals surface area contributed by atoms with E-state index in [0.29, 0.717) is 24.5 Å². The molecule has 2 aromatic heterocycles. The number of rotatable bonds is 10. The van der Waals surface area contributed by atoms with E-state index in [1.807, 2.05) is 13.0 Å². The molecule has 3 aromatic rings. The fourth-order valence-corrected chi connectivity index (χ4v) is 6.02. The SMILES string of the molecule is CCC1CC(Nc2nc(Nc3cc(C)[nH]n3)c3ccc(CN4CCOCC4)cc3n2)CC(CC)N1CCC#N. The van der Waals surface area contributed by atoms with Gasteiger partial charge >= 0.3 is 0 Å². The second-order valence-electron chi connectivity index (χ2n) is 10.8. The van der Waals surface area contributed by atoms with Crippen LogP contribution in [0.5, 0.6) is 0 Å². The molecule has 0 aliphatic carbocycles. The number of aromatic nitrogens is 4. The molecule has 2 fully saturated rings. The molecule has 10 heteroatoms. The van der Waals surface area contributed by atoms with Crippen LogP contribution in [0.1, 0.15) is 57.2 Å². The van der Waals surface area contributed by atoms with Crippen LogP contribution in [0.25, 0.3) is 10.9 Å². The van der Waals surface area contributed by atoms with Crippen molar-refractivity contribution in [2.75, 3.05) is 43.5 Å². The van der Waals surface area contributed by atoms with E-state index < -0.39 is 0 Å². The highest BCUT2D eigenvalue weighted by Gasteiger charge is 2.34. The minimum atomic E-state index is 0.271. The molecule has 5 rings (SSSR count). The molecule has 0 bridgehead atoms. The minimum absolute atomic E-state index is 0.271. The zero-order valence-corrected chi connectivity index (χ0v) is 23.4. The van der Waals surface area contributed by atoms with Crippen molar-refractivity contribution in [3.05, 3.63) is 35.5 Å². The number of morpholine rings is 1. The van der Waals surface area contributed by atoms with Gasteiger partial charge in [-0.05, 0) is 50.3 Å². The maximum absolute atomic E-state index is 9.17. The Morgan fingerprint density at radius 3 is 2.54 bits per heavy atom. The molecule has 3 N–H and O–H groups in total. The molecule has 2 atom stereocenters. The number of hydrogen-bond donors (Lipinski definition) is 3. The number of benzene rings is 1. The molecule has 0 spiro atoms. The van der Waals surface area contributed by atoms with Crippen molar-refractivity contribution in [2.45, 2.75) is 77.5 Å². The zero-order valence-electron chi connectivity index (χ0n) is 23.4. The largest absolute Gasteiger partial charge is 0.379 e. The topological polar surface area (TPSA) is 118 Å². The lowest BCUT2D eigenvalue weighted by atomic mass is 9.88. The van der Waals surface area contributed by atoms with Crippen LogP contribution in [0.4, 0.5) is 17.6 Å². The Bertz CT molecular complexity index is 1270. The smallest absolute Gasteiger partial charge is 0.225 e. The average molecular weight is 532 g/mol. The summed E-state index contributed by atoms with van der Waals surface area (Å²) in [6, 6.07) is 11.9. The molecular formula is C29H41N9O. The Kier molecular flexibility index (Phi) is 8.91. The van der Waals surface area contributed by atoms with Crippen LogP contribution in [0, 0.1) is 18.3 Å². The van der Waals surface area contributed by atoms with E-state index in [1.54, 1.807) is 0 Å². The van der Waals surface area contributed by atoms with Crippen molar-refractivity contribution < 1.29 is 4.74 Å². The normalized spacial score (nSPS) is 22.6. The number of ether oxygens (including phenoxy) is 1. The van der Waals surface area contributed by atoms with E-state index in [9.17, 15) is 0 Å². The average Bonchev–Trinajstić information content (AvgIpc) is 3.36. The van der Waals surface area contributed by atoms with Crippen molar-refractivity contribution in [2.24, 2.45) is 0 Å². The first-order valence-electron chi connectivity index (χ1n) is 14.3. The van der Waals surface area contributed by atoms with Gasteiger partial charge in [-0.2, -0.15) is 15.3 Å². The van der Waals surface area contributed by atoms with Gasteiger partial charge in [-0.25, -0.2) is 4.98 Å². The van der Waals surface area contributed by atoms with Crippen LogP contribution in [0.15, 0.2) is 24.3 Å². The van der Waals surface area contributed by atoms with Gasteiger partial charge in [-0.1, -0.05) is 19.9 Å². The molecule has 208 valence electrons. The van der Waals surface area contributed by atoms with E-state index in [1.165, 1.54) is 5.56 Å². The van der Waals surface area contributed by atoms with E-state index in [2.05, 4.69) is 68.7 Å². The molecule has 0 radical (unpaired) electrons. The third-order valence-corrected chi connectivity index (χ3v) is 8.03. The van der Waals surface area contributed by atoms with Gasteiger partial charge < -0.3 is 15.4 Å². The summed E-state index contributed by atoms with van der Waals surface area (Å²) in [6.07, 6.45) is 4.73. The summed E-state index contributed by atoms with van der Waals surface area (Å²) in [5, 5.41) is 24.6. The van der Waals surface area contributed by atoms with Gasteiger partial charge in [0.05, 0.1) is 24.8 Å². The molecule has 2 aliphatic heterocycles. The van der Waals surface area contributed by atoms with Crippen LogP contribution >= 0.6 is 0 Å². The summed E-state index contributed by atoms with van der Waals surface area (Å²) in [4.78, 5) is 14.9. The number of aromatic amines is 1. The van der Waals surface area contributed by atoms with Crippen molar-refractivity contribution in [1.29, 1.82) is 5.26 Å². The Morgan fingerprint density at radius 1 is 1.10 bits per heavy atom. The fourth-order valence-electron chi connectivity index (χ4n) is 6.02. The number of fused-ring (bicyclic) bond motifs is 1.